The molecule has 1 N–H and O–H groups in total. The van der Waals surface area contributed by atoms with Crippen molar-refractivity contribution >= 4 is 5.91 Å². The quantitative estimate of drug-likeness (QED) is 0.601. The van der Waals surface area contributed by atoms with E-state index in [1.54, 1.807) is 24.3 Å². The molecule has 6 nitrogen and oxygen atoms in total. The van der Waals surface area contributed by atoms with Crippen LogP contribution >= 0.6 is 0 Å². The van der Waals surface area contributed by atoms with Crippen LogP contribution in [0, 0.1) is 23.9 Å². The molecular formula is C24H29FN4O2. The largest absolute Gasteiger partial charge is 0.603 e. The summed E-state index contributed by atoms with van der Waals surface area (Å²) in [4.78, 5) is 13.0. The number of benzene rings is 2. The highest BCUT2D eigenvalue weighted by molar-refractivity contribution is 5.74. The fourth-order valence-electron chi connectivity index (χ4n) is 5.12. The number of hydrogen-bond donors (Lipinski definition) is 1. The molecule has 164 valence electrons. The number of hydroxylamine groups is 2. The number of amides is 1. The van der Waals surface area contributed by atoms with Gasteiger partial charge in [0.2, 0.25) is 0 Å². The van der Waals surface area contributed by atoms with Gasteiger partial charge in [0.25, 0.3) is 0 Å². The monoisotopic (exact) mass is 424 g/mol. The van der Waals surface area contributed by atoms with Gasteiger partial charge < -0.3 is 10.5 Å². The molecule has 0 bridgehead atoms. The molecule has 1 aliphatic carbocycles. The van der Waals surface area contributed by atoms with Crippen LogP contribution in [-0.4, -0.2) is 53.5 Å². The molecule has 2 aliphatic heterocycles. The third kappa shape index (κ3) is 3.60. The maximum atomic E-state index is 13.8. The van der Waals surface area contributed by atoms with E-state index in [2.05, 4.69) is 22.5 Å². The van der Waals surface area contributed by atoms with Gasteiger partial charge in [-0.15, -0.1) is 0 Å². The zero-order valence-electron chi connectivity index (χ0n) is 18.1. The normalized spacial score (nSPS) is 29.5. The number of hydrazine groups is 1. The average Bonchev–Trinajstić information content (AvgIpc) is 3.40. The lowest BCUT2D eigenvalue weighted by Gasteiger charge is -2.42. The number of carbonyl (C=O) groups is 1. The molecule has 3 atom stereocenters. The van der Waals surface area contributed by atoms with Crippen molar-refractivity contribution in [1.29, 1.82) is 0 Å². The van der Waals surface area contributed by atoms with Crippen molar-refractivity contribution in [1.82, 2.24) is 15.4 Å². The summed E-state index contributed by atoms with van der Waals surface area (Å²) in [6, 6.07) is 12.7. The van der Waals surface area contributed by atoms with Crippen LogP contribution < -0.4 is 5.32 Å². The second kappa shape index (κ2) is 7.76. The van der Waals surface area contributed by atoms with E-state index in [0.29, 0.717) is 0 Å². The van der Waals surface area contributed by atoms with Crippen molar-refractivity contribution in [3.05, 3.63) is 64.6 Å². The summed E-state index contributed by atoms with van der Waals surface area (Å²) in [6.45, 7) is 3.98. The second-order valence-corrected chi connectivity index (χ2v) is 9.11. The minimum Gasteiger partial charge on any atom is -0.603 e. The van der Waals surface area contributed by atoms with E-state index in [0.717, 1.165) is 54.6 Å². The Bertz CT molecular complexity index is 988. The molecule has 0 aromatic heterocycles. The first-order valence-corrected chi connectivity index (χ1v) is 11.1. The second-order valence-electron chi connectivity index (χ2n) is 9.11. The maximum Gasteiger partial charge on any atom is 0.337 e. The van der Waals surface area contributed by atoms with Crippen molar-refractivity contribution < 1.29 is 13.9 Å². The number of quaternary nitrogens is 1. The zero-order valence-corrected chi connectivity index (χ0v) is 18.1. The first kappa shape index (κ1) is 20.7. The van der Waals surface area contributed by atoms with E-state index >= 15 is 0 Å². The molecule has 7 heteroatoms. The van der Waals surface area contributed by atoms with Gasteiger partial charge in [0.1, 0.15) is 18.4 Å². The Morgan fingerprint density at radius 1 is 1.13 bits per heavy atom. The van der Waals surface area contributed by atoms with Gasteiger partial charge in [0.05, 0.1) is 13.0 Å². The summed E-state index contributed by atoms with van der Waals surface area (Å²) >= 11 is 0. The predicted molar refractivity (Wildman–Crippen MR) is 116 cm³/mol. The van der Waals surface area contributed by atoms with Gasteiger partial charge in [-0.1, -0.05) is 35.4 Å². The van der Waals surface area contributed by atoms with Gasteiger partial charge in [0.15, 0.2) is 0 Å². The van der Waals surface area contributed by atoms with Crippen LogP contribution in [0.2, 0.25) is 0 Å². The highest BCUT2D eigenvalue weighted by Crippen LogP contribution is 2.43. The Morgan fingerprint density at radius 3 is 2.45 bits per heavy atom. The Balaban J connectivity index is 1.50. The molecule has 2 aromatic carbocycles. The van der Waals surface area contributed by atoms with Crippen LogP contribution in [0.1, 0.15) is 36.4 Å². The smallest absolute Gasteiger partial charge is 0.337 e. The standard InChI is InChI=1S/C24H29FN4O2/c1-16-13-19(17-5-8-20(25)9-6-17)7-10-22(16)23-15-29(31,24(30)18-3-4-18)27(2)28(23)21-11-12-26-14-21/h5-10,13,18,21,23,26H,3-4,11-12,14-15H2,1-2H3. The van der Waals surface area contributed by atoms with E-state index in [9.17, 15) is 14.4 Å². The molecule has 1 saturated carbocycles. The summed E-state index contributed by atoms with van der Waals surface area (Å²) in [5.41, 5.74) is 4.11. The van der Waals surface area contributed by atoms with Crippen LogP contribution in [0.15, 0.2) is 42.5 Å². The highest BCUT2D eigenvalue weighted by atomic mass is 19.1. The lowest BCUT2D eigenvalue weighted by atomic mass is 9.95. The number of nitrogens with zero attached hydrogens (tertiary/aromatic N) is 3. The average molecular weight is 425 g/mol. The molecule has 2 aromatic rings. The minimum atomic E-state index is -0.898. The number of rotatable bonds is 4. The summed E-state index contributed by atoms with van der Waals surface area (Å²) in [5, 5.41) is 21.0. The summed E-state index contributed by atoms with van der Waals surface area (Å²) in [6.07, 6.45) is 2.61. The SMILES string of the molecule is Cc1cc(-c2ccc(F)cc2)ccc1C1C[N+]([O-])(C(=O)C2CC2)N(C)N1C1CCNC1. The van der Waals surface area contributed by atoms with Crippen molar-refractivity contribution in [2.45, 2.75) is 38.3 Å². The van der Waals surface area contributed by atoms with Crippen LogP contribution in [-0.2, 0) is 4.79 Å². The molecule has 3 unspecified atom stereocenters. The van der Waals surface area contributed by atoms with Crippen molar-refractivity contribution in [3.8, 4) is 11.1 Å². The molecule has 31 heavy (non-hydrogen) atoms. The highest BCUT2D eigenvalue weighted by Gasteiger charge is 2.55. The Hall–Kier alpha value is -2.16. The molecule has 0 spiro atoms. The van der Waals surface area contributed by atoms with Crippen molar-refractivity contribution in [3.63, 3.8) is 0 Å². The number of nitrogens with one attached hydrogen (secondary N) is 1. The summed E-state index contributed by atoms with van der Waals surface area (Å²) in [5.74, 6) is -0.553. The third-order valence-electron chi connectivity index (χ3n) is 7.03. The Morgan fingerprint density at radius 2 is 1.84 bits per heavy atom. The molecule has 5 rings (SSSR count). The number of hydrogen-bond acceptors (Lipinski definition) is 5. The molecule has 0 radical (unpaired) electrons. The third-order valence-corrected chi connectivity index (χ3v) is 7.03. The lowest BCUT2D eigenvalue weighted by molar-refractivity contribution is -0.924. The first-order valence-electron chi connectivity index (χ1n) is 11.1. The van der Waals surface area contributed by atoms with Gasteiger partial charge in [0, 0.05) is 12.6 Å². The van der Waals surface area contributed by atoms with Crippen LogP contribution in [0.25, 0.3) is 11.1 Å². The fourth-order valence-corrected chi connectivity index (χ4v) is 5.12. The Kier molecular flexibility index (Phi) is 5.19. The minimum absolute atomic E-state index is 0.0933. The molecule has 3 aliphatic rings. The van der Waals surface area contributed by atoms with E-state index in [-0.39, 0.29) is 36.3 Å². The predicted octanol–water partition coefficient (Wildman–Crippen LogP) is 3.53. The maximum absolute atomic E-state index is 13.8. The van der Waals surface area contributed by atoms with E-state index in [4.69, 9.17) is 0 Å². The van der Waals surface area contributed by atoms with Gasteiger partial charge in [-0.2, -0.15) is 9.76 Å². The van der Waals surface area contributed by atoms with Crippen LogP contribution in [0.3, 0.4) is 0 Å². The zero-order chi connectivity index (χ0) is 21.8. The van der Waals surface area contributed by atoms with Crippen LogP contribution in [0.5, 0.6) is 0 Å². The van der Waals surface area contributed by atoms with E-state index in [1.807, 2.05) is 13.0 Å². The van der Waals surface area contributed by atoms with Gasteiger partial charge in [-0.3, -0.25) is 0 Å². The number of aryl methyl sites for hydroxylation is 1. The van der Waals surface area contributed by atoms with Gasteiger partial charge >= 0.3 is 5.91 Å². The van der Waals surface area contributed by atoms with E-state index in [1.165, 1.54) is 12.1 Å². The lowest BCUT2D eigenvalue weighted by Crippen LogP contribution is -2.59. The molecule has 2 heterocycles. The van der Waals surface area contributed by atoms with Crippen molar-refractivity contribution in [2.75, 3.05) is 26.7 Å². The van der Waals surface area contributed by atoms with Crippen molar-refractivity contribution in [2.24, 2.45) is 5.92 Å². The molecule has 2 saturated heterocycles. The van der Waals surface area contributed by atoms with Gasteiger partial charge in [-0.25, -0.2) is 9.18 Å². The Labute approximate surface area is 182 Å². The summed E-state index contributed by atoms with van der Waals surface area (Å²) in [7, 11) is 1.77. The number of carbonyl (C=O) groups excluding carboxylic acids is 1. The topological polar surface area (TPSA) is 58.6 Å². The molecule has 3 fully saturated rings. The van der Waals surface area contributed by atoms with Gasteiger partial charge in [-0.05, 0) is 67.1 Å². The van der Waals surface area contributed by atoms with Crippen LogP contribution in [0.4, 0.5) is 4.39 Å². The molecular weight excluding hydrogens is 395 g/mol. The molecule has 1 amide bonds. The first-order chi connectivity index (χ1) is 14.9. The summed E-state index contributed by atoms with van der Waals surface area (Å²) < 4.78 is 12.4. The number of halogens is 1. The fraction of sp³-hybridized carbons (Fsp3) is 0.458. The van der Waals surface area contributed by atoms with E-state index < -0.39 is 4.76 Å².